The predicted molar refractivity (Wildman–Crippen MR) is 116 cm³/mol. The molecule has 0 spiro atoms. The van der Waals surface area contributed by atoms with Crippen molar-refractivity contribution in [1.29, 1.82) is 5.26 Å². The van der Waals surface area contributed by atoms with E-state index in [2.05, 4.69) is 22.0 Å². The van der Waals surface area contributed by atoms with Crippen LogP contribution >= 0.6 is 15.9 Å². The van der Waals surface area contributed by atoms with Crippen LogP contribution in [0.3, 0.4) is 0 Å². The average molecular weight is 445 g/mol. The molecule has 29 heavy (non-hydrogen) atoms. The fourth-order valence-corrected chi connectivity index (χ4v) is 3.63. The molecule has 0 aliphatic carbocycles. The van der Waals surface area contributed by atoms with Gasteiger partial charge in [-0.3, -0.25) is 10.1 Å². The molecule has 1 aromatic heterocycles. The van der Waals surface area contributed by atoms with Gasteiger partial charge in [-0.25, -0.2) is 0 Å². The molecule has 4 rings (SSSR count). The molecular weight excluding hydrogens is 432 g/mol. The molecule has 140 valence electrons. The fraction of sp³-hybridized carbons (Fsp3) is 0. The van der Waals surface area contributed by atoms with Crippen LogP contribution in [0.1, 0.15) is 11.3 Å². The van der Waals surface area contributed by atoms with Gasteiger partial charge < -0.3 is 4.42 Å². The lowest BCUT2D eigenvalue weighted by Crippen LogP contribution is -1.88. The lowest BCUT2D eigenvalue weighted by Gasteiger charge is -2.03. The Morgan fingerprint density at radius 3 is 2.55 bits per heavy atom. The Kier molecular flexibility index (Phi) is 4.98. The fourth-order valence-electron chi connectivity index (χ4n) is 3.07. The van der Waals surface area contributed by atoms with Gasteiger partial charge in [-0.2, -0.15) is 5.26 Å². The van der Waals surface area contributed by atoms with Crippen LogP contribution in [-0.2, 0) is 0 Å². The summed E-state index contributed by atoms with van der Waals surface area (Å²) in [6.07, 6.45) is 1.69. The van der Waals surface area contributed by atoms with Crippen LogP contribution < -0.4 is 0 Å². The van der Waals surface area contributed by atoms with Gasteiger partial charge in [0, 0.05) is 22.2 Å². The molecule has 0 saturated carbocycles. The number of nitriles is 1. The maximum absolute atomic E-state index is 10.9. The van der Waals surface area contributed by atoms with E-state index in [9.17, 15) is 15.4 Å². The highest BCUT2D eigenvalue weighted by molar-refractivity contribution is 9.10. The van der Waals surface area contributed by atoms with Crippen molar-refractivity contribution in [1.82, 2.24) is 0 Å². The molecule has 3 aromatic carbocycles. The summed E-state index contributed by atoms with van der Waals surface area (Å²) in [4.78, 5) is 10.4. The number of allylic oxidation sites excluding steroid dienone is 1. The first-order chi connectivity index (χ1) is 14.0. The maximum atomic E-state index is 10.9. The number of nitro benzene ring substituents is 1. The Morgan fingerprint density at radius 2 is 1.83 bits per heavy atom. The van der Waals surface area contributed by atoms with Crippen LogP contribution in [0.2, 0.25) is 0 Å². The average Bonchev–Trinajstić information content (AvgIpc) is 3.19. The van der Waals surface area contributed by atoms with Gasteiger partial charge in [-0.15, -0.1) is 0 Å². The summed E-state index contributed by atoms with van der Waals surface area (Å²) < 4.78 is 6.43. The van der Waals surface area contributed by atoms with E-state index in [1.54, 1.807) is 24.3 Å². The summed E-state index contributed by atoms with van der Waals surface area (Å²) in [6, 6.07) is 24.1. The topological polar surface area (TPSA) is 80.1 Å². The molecule has 0 radical (unpaired) electrons. The molecule has 0 fully saturated rings. The standard InChI is InChI=1S/C23H13BrN2O3/c24-22-13-19(26(27)28)7-9-21(22)23-10-8-20(29-23)12-18(14-25)17-6-5-15-3-1-2-4-16(15)11-17/h1-13H/b18-12+. The molecular formula is C23H13BrN2O3. The van der Waals surface area contributed by atoms with E-state index in [0.29, 0.717) is 27.1 Å². The molecule has 0 bridgehead atoms. The van der Waals surface area contributed by atoms with Gasteiger partial charge in [0.05, 0.1) is 16.6 Å². The second-order valence-corrected chi connectivity index (χ2v) is 7.21. The molecule has 0 N–H and O–H groups in total. The number of furan rings is 1. The Bertz CT molecular complexity index is 1320. The zero-order valence-electron chi connectivity index (χ0n) is 15.0. The van der Waals surface area contributed by atoms with Gasteiger partial charge in [-0.05, 0) is 62.6 Å². The quantitative estimate of drug-likeness (QED) is 0.196. The summed E-state index contributed by atoms with van der Waals surface area (Å²) in [5, 5.41) is 22.7. The predicted octanol–water partition coefficient (Wildman–Crippen LogP) is 6.83. The number of halogens is 1. The van der Waals surface area contributed by atoms with Crippen molar-refractivity contribution in [2.45, 2.75) is 0 Å². The smallest absolute Gasteiger partial charge is 0.270 e. The number of fused-ring (bicyclic) bond motifs is 1. The van der Waals surface area contributed by atoms with Crippen LogP contribution in [0.5, 0.6) is 0 Å². The van der Waals surface area contributed by atoms with E-state index in [1.807, 2.05) is 42.5 Å². The van der Waals surface area contributed by atoms with Crippen LogP contribution in [0, 0.1) is 21.4 Å². The van der Waals surface area contributed by atoms with Crippen molar-refractivity contribution in [3.05, 3.63) is 98.7 Å². The van der Waals surface area contributed by atoms with E-state index in [4.69, 9.17) is 4.42 Å². The summed E-state index contributed by atoms with van der Waals surface area (Å²) in [7, 11) is 0. The molecule has 4 aromatic rings. The number of rotatable bonds is 4. The van der Waals surface area contributed by atoms with Crippen molar-refractivity contribution >= 4 is 44.0 Å². The normalized spacial score (nSPS) is 11.4. The Morgan fingerprint density at radius 1 is 1.03 bits per heavy atom. The lowest BCUT2D eigenvalue weighted by atomic mass is 10.0. The molecule has 0 amide bonds. The van der Waals surface area contributed by atoms with Gasteiger partial charge in [0.1, 0.15) is 11.5 Å². The molecule has 1 heterocycles. The first kappa shape index (κ1) is 18.7. The van der Waals surface area contributed by atoms with Crippen molar-refractivity contribution < 1.29 is 9.34 Å². The van der Waals surface area contributed by atoms with Crippen molar-refractivity contribution in [2.24, 2.45) is 0 Å². The molecule has 5 nitrogen and oxygen atoms in total. The molecule has 0 aliphatic rings. The number of hydrogen-bond donors (Lipinski definition) is 0. The molecule has 0 aliphatic heterocycles. The molecule has 0 saturated heterocycles. The minimum Gasteiger partial charge on any atom is -0.457 e. The summed E-state index contributed by atoms with van der Waals surface area (Å²) >= 11 is 3.35. The van der Waals surface area contributed by atoms with E-state index >= 15 is 0 Å². The number of hydrogen-bond acceptors (Lipinski definition) is 4. The molecule has 0 atom stereocenters. The largest absolute Gasteiger partial charge is 0.457 e. The zero-order chi connectivity index (χ0) is 20.4. The monoisotopic (exact) mass is 444 g/mol. The summed E-state index contributed by atoms with van der Waals surface area (Å²) in [5.41, 5.74) is 1.98. The van der Waals surface area contributed by atoms with E-state index in [0.717, 1.165) is 16.3 Å². The number of nitrogens with zero attached hydrogens (tertiary/aromatic N) is 2. The first-order valence-electron chi connectivity index (χ1n) is 8.70. The highest BCUT2D eigenvalue weighted by atomic mass is 79.9. The second kappa shape index (κ2) is 7.74. The highest BCUT2D eigenvalue weighted by Crippen LogP contribution is 2.33. The minimum atomic E-state index is -0.451. The van der Waals surface area contributed by atoms with Crippen molar-refractivity contribution in [3.63, 3.8) is 0 Å². The molecule has 0 unspecified atom stereocenters. The highest BCUT2D eigenvalue weighted by Gasteiger charge is 2.13. The number of benzene rings is 3. The van der Waals surface area contributed by atoms with Crippen molar-refractivity contribution in [2.75, 3.05) is 0 Å². The van der Waals surface area contributed by atoms with Gasteiger partial charge >= 0.3 is 0 Å². The minimum absolute atomic E-state index is 0.00429. The van der Waals surface area contributed by atoms with Crippen LogP contribution in [0.4, 0.5) is 5.69 Å². The SMILES string of the molecule is N#C/C(=C\c1ccc(-c2ccc([N+](=O)[O-])cc2Br)o1)c1ccc2ccccc2c1. The Hall–Kier alpha value is -3.69. The third-order valence-electron chi connectivity index (χ3n) is 4.52. The van der Waals surface area contributed by atoms with Gasteiger partial charge in [0.25, 0.3) is 5.69 Å². The van der Waals surface area contributed by atoms with Crippen LogP contribution in [0.15, 0.2) is 81.7 Å². The Balaban J connectivity index is 1.68. The number of nitro groups is 1. The van der Waals surface area contributed by atoms with Crippen LogP contribution in [0.25, 0.3) is 33.7 Å². The second-order valence-electron chi connectivity index (χ2n) is 6.36. The zero-order valence-corrected chi connectivity index (χ0v) is 16.6. The van der Waals surface area contributed by atoms with E-state index < -0.39 is 4.92 Å². The van der Waals surface area contributed by atoms with Crippen LogP contribution in [-0.4, -0.2) is 4.92 Å². The first-order valence-corrected chi connectivity index (χ1v) is 9.49. The van der Waals surface area contributed by atoms with E-state index in [-0.39, 0.29) is 5.69 Å². The third-order valence-corrected chi connectivity index (χ3v) is 5.18. The lowest BCUT2D eigenvalue weighted by molar-refractivity contribution is -0.384. The maximum Gasteiger partial charge on any atom is 0.270 e. The summed E-state index contributed by atoms with van der Waals surface area (Å²) in [6.45, 7) is 0. The Labute approximate surface area is 174 Å². The third kappa shape index (κ3) is 3.82. The number of non-ortho nitro benzene ring substituents is 1. The van der Waals surface area contributed by atoms with Gasteiger partial charge in [0.2, 0.25) is 0 Å². The van der Waals surface area contributed by atoms with Crippen molar-refractivity contribution in [3.8, 4) is 17.4 Å². The van der Waals surface area contributed by atoms with Gasteiger partial charge in [0.15, 0.2) is 0 Å². The van der Waals surface area contributed by atoms with Gasteiger partial charge in [-0.1, -0.05) is 36.4 Å². The van der Waals surface area contributed by atoms with E-state index in [1.165, 1.54) is 12.1 Å². The summed E-state index contributed by atoms with van der Waals surface area (Å²) in [5.74, 6) is 1.07. The molecule has 6 heteroatoms.